The zero-order valence-electron chi connectivity index (χ0n) is 32.7. The highest BCUT2D eigenvalue weighted by Gasteiger charge is 2.21. The number of phosphoric ester groups is 1. The van der Waals surface area contributed by atoms with Crippen LogP contribution in [0.3, 0.4) is 0 Å². The Morgan fingerprint density at radius 2 is 1.06 bits per heavy atom. The maximum Gasteiger partial charge on any atom is 0.306 e. The average Bonchev–Trinajstić information content (AvgIpc) is 3.09. The van der Waals surface area contributed by atoms with E-state index in [-0.39, 0.29) is 26.1 Å². The van der Waals surface area contributed by atoms with Crippen molar-refractivity contribution in [2.75, 3.05) is 47.5 Å². The van der Waals surface area contributed by atoms with Crippen LogP contribution in [-0.4, -0.2) is 70.0 Å². The minimum atomic E-state index is -4.65. The van der Waals surface area contributed by atoms with Crippen LogP contribution in [0.15, 0.2) is 97.2 Å². The number of hydrogen-bond acceptors (Lipinski definition) is 8. The molecule has 0 saturated heterocycles. The van der Waals surface area contributed by atoms with Crippen LogP contribution in [0.1, 0.15) is 104 Å². The van der Waals surface area contributed by atoms with Crippen molar-refractivity contribution in [2.45, 2.75) is 110 Å². The van der Waals surface area contributed by atoms with Gasteiger partial charge in [0.15, 0.2) is 6.10 Å². The van der Waals surface area contributed by atoms with Gasteiger partial charge in [-0.05, 0) is 77.0 Å². The normalized spacial score (nSPS) is 14.8. The Labute approximate surface area is 315 Å². The molecular weight excluding hydrogens is 677 g/mol. The third-order valence-corrected chi connectivity index (χ3v) is 8.08. The second kappa shape index (κ2) is 33.7. The molecule has 2 unspecified atom stereocenters. The molecule has 10 heteroatoms. The molecule has 0 spiro atoms. The fraction of sp³-hybridized carbons (Fsp3) is 0.571. The summed E-state index contributed by atoms with van der Waals surface area (Å²) < 4.78 is 33.6. The first-order valence-electron chi connectivity index (χ1n) is 18.9. The molecule has 0 saturated carbocycles. The van der Waals surface area contributed by atoms with Gasteiger partial charge in [0.1, 0.15) is 19.8 Å². The summed E-state index contributed by atoms with van der Waals surface area (Å²) in [5, 5.41) is 0. The van der Waals surface area contributed by atoms with Crippen LogP contribution >= 0.6 is 7.82 Å². The molecule has 9 nitrogen and oxygen atoms in total. The van der Waals surface area contributed by atoms with Crippen molar-refractivity contribution in [1.29, 1.82) is 0 Å². The van der Waals surface area contributed by atoms with Crippen LogP contribution in [0.2, 0.25) is 0 Å². The number of esters is 2. The van der Waals surface area contributed by atoms with Crippen LogP contribution in [0.4, 0.5) is 0 Å². The number of carbonyl (C=O) groups is 2. The van der Waals surface area contributed by atoms with E-state index in [1.54, 1.807) is 0 Å². The average molecular weight is 746 g/mol. The third kappa shape index (κ3) is 36.7. The summed E-state index contributed by atoms with van der Waals surface area (Å²) in [6, 6.07) is 0. The molecule has 0 amide bonds. The molecule has 2 atom stereocenters. The van der Waals surface area contributed by atoms with Crippen molar-refractivity contribution in [2.24, 2.45) is 0 Å². The molecule has 0 aromatic carbocycles. The number of allylic oxidation sites excluding steroid dienone is 16. The predicted octanol–water partition coefficient (Wildman–Crippen LogP) is 9.60. The van der Waals surface area contributed by atoms with Crippen LogP contribution in [0, 0.1) is 0 Å². The minimum Gasteiger partial charge on any atom is -0.756 e. The van der Waals surface area contributed by atoms with Gasteiger partial charge in [-0.2, -0.15) is 0 Å². The number of likely N-dealkylation sites (N-methyl/N-ethyl adjacent to an activating group) is 1. The molecule has 294 valence electrons. The number of quaternary nitrogens is 1. The third-order valence-electron chi connectivity index (χ3n) is 7.11. The van der Waals surface area contributed by atoms with Gasteiger partial charge in [-0.25, -0.2) is 0 Å². The molecule has 0 N–H and O–H groups in total. The van der Waals surface area contributed by atoms with Crippen LogP contribution in [0.5, 0.6) is 0 Å². The van der Waals surface area contributed by atoms with Gasteiger partial charge in [0.05, 0.1) is 27.7 Å². The van der Waals surface area contributed by atoms with Gasteiger partial charge in [-0.3, -0.25) is 14.2 Å². The molecule has 52 heavy (non-hydrogen) atoms. The number of phosphoric acid groups is 1. The molecule has 0 bridgehead atoms. The van der Waals surface area contributed by atoms with Crippen molar-refractivity contribution < 1.29 is 42.1 Å². The van der Waals surface area contributed by atoms with Crippen molar-refractivity contribution in [3.63, 3.8) is 0 Å². The second-order valence-corrected chi connectivity index (χ2v) is 14.6. The highest BCUT2D eigenvalue weighted by molar-refractivity contribution is 7.45. The summed E-state index contributed by atoms with van der Waals surface area (Å²) in [7, 11) is 1.08. The first-order chi connectivity index (χ1) is 25.0. The van der Waals surface area contributed by atoms with Crippen LogP contribution in [0.25, 0.3) is 0 Å². The molecule has 0 fully saturated rings. The molecule has 0 aliphatic heterocycles. The van der Waals surface area contributed by atoms with E-state index in [1.165, 1.54) is 0 Å². The highest BCUT2D eigenvalue weighted by atomic mass is 31.2. The zero-order valence-corrected chi connectivity index (χ0v) is 33.6. The summed E-state index contributed by atoms with van der Waals surface area (Å²) in [6.07, 6.45) is 43.2. The van der Waals surface area contributed by atoms with Gasteiger partial charge in [-0.15, -0.1) is 0 Å². The van der Waals surface area contributed by atoms with Crippen LogP contribution in [-0.2, 0) is 32.7 Å². The lowest BCUT2D eigenvalue weighted by Crippen LogP contribution is -2.37. The largest absolute Gasteiger partial charge is 0.756 e. The van der Waals surface area contributed by atoms with Gasteiger partial charge >= 0.3 is 11.9 Å². The van der Waals surface area contributed by atoms with Crippen LogP contribution < -0.4 is 4.89 Å². The monoisotopic (exact) mass is 745 g/mol. The zero-order chi connectivity index (χ0) is 38.6. The summed E-state index contributed by atoms with van der Waals surface area (Å²) in [5.74, 6) is -0.993. The molecule has 0 aromatic heterocycles. The van der Waals surface area contributed by atoms with E-state index >= 15 is 0 Å². The Balaban J connectivity index is 4.65. The van der Waals surface area contributed by atoms with Crippen molar-refractivity contribution in [1.82, 2.24) is 0 Å². The lowest BCUT2D eigenvalue weighted by atomic mass is 10.2. The molecule has 0 aromatic rings. The first kappa shape index (κ1) is 48.9. The fourth-order valence-electron chi connectivity index (χ4n) is 4.19. The molecular formula is C42H68NO8P. The van der Waals surface area contributed by atoms with Gasteiger partial charge in [0.2, 0.25) is 0 Å². The minimum absolute atomic E-state index is 0.0553. The maximum absolute atomic E-state index is 12.6. The van der Waals surface area contributed by atoms with E-state index in [0.29, 0.717) is 23.9 Å². The summed E-state index contributed by atoms with van der Waals surface area (Å²) in [6.45, 7) is 3.81. The Hall–Kier alpha value is -3.07. The van der Waals surface area contributed by atoms with E-state index in [2.05, 4.69) is 98.9 Å². The summed E-state index contributed by atoms with van der Waals surface area (Å²) >= 11 is 0. The first-order valence-corrected chi connectivity index (χ1v) is 20.4. The van der Waals surface area contributed by atoms with Gasteiger partial charge < -0.3 is 27.9 Å². The van der Waals surface area contributed by atoms with E-state index in [1.807, 2.05) is 33.3 Å². The number of ether oxygens (including phenoxy) is 2. The van der Waals surface area contributed by atoms with E-state index in [4.69, 9.17) is 18.5 Å². The Kier molecular flexibility index (Phi) is 31.8. The van der Waals surface area contributed by atoms with Gasteiger partial charge in [-0.1, -0.05) is 111 Å². The van der Waals surface area contributed by atoms with Crippen molar-refractivity contribution in [3.05, 3.63) is 97.2 Å². The summed E-state index contributed by atoms with van der Waals surface area (Å²) in [5.41, 5.74) is 0. The quantitative estimate of drug-likeness (QED) is 0.0220. The highest BCUT2D eigenvalue weighted by Crippen LogP contribution is 2.38. The predicted molar refractivity (Wildman–Crippen MR) is 212 cm³/mol. The lowest BCUT2D eigenvalue weighted by molar-refractivity contribution is -0.870. The van der Waals surface area contributed by atoms with E-state index in [9.17, 15) is 19.0 Å². The standard InChI is InChI=1S/C42H68NO8P/c1-6-8-10-12-14-16-18-20-21-23-25-27-29-31-33-35-42(45)51-40(39-50-52(46,47)49-37-36-43(3,4)5)38-48-41(44)34-32-30-28-26-24-22-19-17-15-13-11-9-7-2/h8-11,14-17,20-22,24-25,27-28,30,40H,6-7,12-13,18-19,23,26,29,31-39H2,1-5H3/b10-8-,11-9-,16-14-,17-15-,21-20-,24-22-,27-25-,30-28-. The van der Waals surface area contributed by atoms with Gasteiger partial charge in [0.25, 0.3) is 7.82 Å². The maximum atomic E-state index is 12.6. The SMILES string of the molecule is CC/C=C\C/C=C\C/C=C\C/C=C\CCCCC(=O)OC(COC(=O)CC/C=C\C/C=C\C/C=C\C/C=C\CC)COP(=O)([O-])OCC[N+](C)(C)C. The molecule has 0 aliphatic carbocycles. The number of nitrogens with zero attached hydrogens (tertiary/aromatic N) is 1. The number of hydrogen-bond donors (Lipinski definition) is 0. The van der Waals surface area contributed by atoms with E-state index < -0.39 is 32.5 Å². The second-order valence-electron chi connectivity index (χ2n) is 13.2. The van der Waals surface area contributed by atoms with Crippen molar-refractivity contribution >= 4 is 19.8 Å². The van der Waals surface area contributed by atoms with Gasteiger partial charge in [0, 0.05) is 12.8 Å². The lowest BCUT2D eigenvalue weighted by Gasteiger charge is -2.28. The Morgan fingerprint density at radius 1 is 0.596 bits per heavy atom. The molecule has 0 rings (SSSR count). The smallest absolute Gasteiger partial charge is 0.306 e. The Bertz CT molecular complexity index is 1210. The Morgan fingerprint density at radius 3 is 1.54 bits per heavy atom. The summed E-state index contributed by atoms with van der Waals surface area (Å²) in [4.78, 5) is 37.3. The van der Waals surface area contributed by atoms with Crippen molar-refractivity contribution in [3.8, 4) is 0 Å². The molecule has 0 aliphatic rings. The number of unbranched alkanes of at least 4 members (excludes halogenated alkanes) is 2. The van der Waals surface area contributed by atoms with E-state index in [0.717, 1.165) is 64.2 Å². The number of carbonyl (C=O) groups excluding carboxylic acids is 2. The molecule has 0 radical (unpaired) electrons. The number of rotatable bonds is 32. The fourth-order valence-corrected chi connectivity index (χ4v) is 4.91. The molecule has 0 heterocycles. The topological polar surface area (TPSA) is 111 Å².